The van der Waals surface area contributed by atoms with E-state index in [-0.39, 0.29) is 41.5 Å². The first-order valence-electron chi connectivity index (χ1n) is 9.59. The first-order chi connectivity index (χ1) is 12.9. The van der Waals surface area contributed by atoms with Crippen LogP contribution < -0.4 is 15.5 Å². The van der Waals surface area contributed by atoms with Crippen molar-refractivity contribution < 1.29 is 8.42 Å². The van der Waals surface area contributed by atoms with Crippen molar-refractivity contribution in [3.05, 3.63) is 23.9 Å². The quantitative estimate of drug-likeness (QED) is 0.334. The summed E-state index contributed by atoms with van der Waals surface area (Å²) < 4.78 is 23.2. The Hall–Kier alpha value is -1.14. The van der Waals surface area contributed by atoms with Crippen molar-refractivity contribution in [2.75, 3.05) is 56.2 Å². The second kappa shape index (κ2) is 10.6. The Morgan fingerprint density at radius 2 is 2.04 bits per heavy atom. The molecule has 1 unspecified atom stereocenters. The highest BCUT2D eigenvalue weighted by Gasteiger charge is 2.28. The molecule has 2 aliphatic heterocycles. The lowest BCUT2D eigenvalue weighted by atomic mass is 10.2. The van der Waals surface area contributed by atoms with Gasteiger partial charge in [-0.2, -0.15) is 0 Å². The lowest BCUT2D eigenvalue weighted by Gasteiger charge is -2.33. The van der Waals surface area contributed by atoms with Gasteiger partial charge in [-0.1, -0.05) is 6.07 Å². The zero-order valence-corrected chi connectivity index (χ0v) is 19.7. The molecule has 2 aliphatic rings. The number of hydrogen-bond acceptors (Lipinski definition) is 6. The van der Waals surface area contributed by atoms with Crippen molar-refractivity contribution >= 4 is 45.6 Å². The SMILES string of the molecule is CCNC(=NCc1ccc(N2CCN(C)CC2)nc1)NC1CCS(=O)(=O)C1.I. The van der Waals surface area contributed by atoms with Crippen molar-refractivity contribution in [1.29, 1.82) is 0 Å². The van der Waals surface area contributed by atoms with Gasteiger partial charge in [-0.25, -0.2) is 18.4 Å². The van der Waals surface area contributed by atoms with E-state index in [0.717, 1.165) is 44.1 Å². The van der Waals surface area contributed by atoms with Gasteiger partial charge >= 0.3 is 0 Å². The van der Waals surface area contributed by atoms with Crippen molar-refractivity contribution in [3.63, 3.8) is 0 Å². The number of aliphatic imine (C=N–C) groups is 1. The number of nitrogens with zero attached hydrogens (tertiary/aromatic N) is 4. The first kappa shape index (κ1) is 23.1. The molecule has 1 atom stereocenters. The Labute approximate surface area is 185 Å². The summed E-state index contributed by atoms with van der Waals surface area (Å²) in [7, 11) is -0.763. The fraction of sp³-hybridized carbons (Fsp3) is 0.667. The van der Waals surface area contributed by atoms with E-state index >= 15 is 0 Å². The molecule has 8 nitrogen and oxygen atoms in total. The van der Waals surface area contributed by atoms with Gasteiger partial charge in [0.25, 0.3) is 0 Å². The molecular formula is C18H31IN6O2S. The van der Waals surface area contributed by atoms with Crippen LogP contribution in [0.25, 0.3) is 0 Å². The summed E-state index contributed by atoms with van der Waals surface area (Å²) in [5, 5.41) is 6.42. The summed E-state index contributed by atoms with van der Waals surface area (Å²) in [5.41, 5.74) is 1.03. The lowest BCUT2D eigenvalue weighted by Crippen LogP contribution is -2.44. The maximum atomic E-state index is 11.6. The normalized spacial score (nSPS) is 22.6. The standard InChI is InChI=1S/C18H30N6O2S.HI/c1-3-19-18(22-16-6-11-27(25,26)14-16)21-13-15-4-5-17(20-12-15)24-9-7-23(2)8-10-24;/h4-5,12,16H,3,6-11,13-14H2,1-2H3,(H2,19,21,22);1H. The van der Waals surface area contributed by atoms with Crippen LogP contribution in [0.4, 0.5) is 5.82 Å². The van der Waals surface area contributed by atoms with Gasteiger partial charge < -0.3 is 20.4 Å². The fourth-order valence-electron chi connectivity index (χ4n) is 3.33. The largest absolute Gasteiger partial charge is 0.357 e. The molecule has 0 saturated carbocycles. The van der Waals surface area contributed by atoms with Crippen molar-refractivity contribution in [3.8, 4) is 0 Å². The van der Waals surface area contributed by atoms with Gasteiger partial charge in [-0.3, -0.25) is 0 Å². The van der Waals surface area contributed by atoms with E-state index in [1.807, 2.05) is 13.1 Å². The summed E-state index contributed by atoms with van der Waals surface area (Å²) in [4.78, 5) is 13.8. The van der Waals surface area contributed by atoms with E-state index in [4.69, 9.17) is 0 Å². The highest BCUT2D eigenvalue weighted by Crippen LogP contribution is 2.14. The molecular weight excluding hydrogens is 491 g/mol. The molecule has 0 aromatic carbocycles. The van der Waals surface area contributed by atoms with Crippen LogP contribution in [0.1, 0.15) is 18.9 Å². The monoisotopic (exact) mass is 522 g/mol. The molecule has 0 aliphatic carbocycles. The third-order valence-corrected chi connectivity index (χ3v) is 6.74. The van der Waals surface area contributed by atoms with E-state index < -0.39 is 9.84 Å². The molecule has 10 heteroatoms. The highest BCUT2D eigenvalue weighted by molar-refractivity contribution is 14.0. The van der Waals surface area contributed by atoms with Gasteiger partial charge in [0.2, 0.25) is 0 Å². The van der Waals surface area contributed by atoms with Crippen molar-refractivity contribution in [2.45, 2.75) is 25.9 Å². The van der Waals surface area contributed by atoms with Crippen LogP contribution in [-0.2, 0) is 16.4 Å². The maximum absolute atomic E-state index is 11.6. The van der Waals surface area contributed by atoms with Crippen molar-refractivity contribution in [2.24, 2.45) is 4.99 Å². The lowest BCUT2D eigenvalue weighted by molar-refractivity contribution is 0.312. The molecule has 158 valence electrons. The molecule has 28 heavy (non-hydrogen) atoms. The molecule has 0 spiro atoms. The zero-order valence-electron chi connectivity index (χ0n) is 16.6. The second-order valence-electron chi connectivity index (χ2n) is 7.25. The smallest absolute Gasteiger partial charge is 0.191 e. The zero-order chi connectivity index (χ0) is 19.3. The molecule has 0 bridgehead atoms. The number of guanidine groups is 1. The van der Waals surface area contributed by atoms with Gasteiger partial charge in [0.1, 0.15) is 5.82 Å². The molecule has 3 heterocycles. The maximum Gasteiger partial charge on any atom is 0.191 e. The minimum atomic E-state index is -2.91. The molecule has 2 N–H and O–H groups in total. The van der Waals surface area contributed by atoms with Crippen molar-refractivity contribution in [1.82, 2.24) is 20.5 Å². The van der Waals surface area contributed by atoms with Crippen LogP contribution in [0.15, 0.2) is 23.3 Å². The summed E-state index contributed by atoms with van der Waals surface area (Å²) in [6.45, 7) is 7.34. The minimum absolute atomic E-state index is 0. The Bertz CT molecular complexity index is 748. The first-order valence-corrected chi connectivity index (χ1v) is 11.4. The number of rotatable bonds is 5. The van der Waals surface area contributed by atoms with E-state index in [1.54, 1.807) is 0 Å². The van der Waals surface area contributed by atoms with Gasteiger partial charge in [0.15, 0.2) is 15.8 Å². The predicted octanol–water partition coefficient (Wildman–Crippen LogP) is 0.694. The summed E-state index contributed by atoms with van der Waals surface area (Å²) in [5.74, 6) is 2.10. The third kappa shape index (κ3) is 6.73. The van der Waals surface area contributed by atoms with Gasteiger partial charge in [-0.05, 0) is 32.0 Å². The Balaban J connectivity index is 0.00000280. The van der Waals surface area contributed by atoms with Crippen LogP contribution in [0.2, 0.25) is 0 Å². The van der Waals surface area contributed by atoms with Crippen LogP contribution in [-0.4, -0.2) is 81.6 Å². The van der Waals surface area contributed by atoms with Crippen LogP contribution in [0.5, 0.6) is 0 Å². The Morgan fingerprint density at radius 3 is 2.61 bits per heavy atom. The summed E-state index contributed by atoms with van der Waals surface area (Å²) in [6, 6.07) is 4.05. The molecule has 0 radical (unpaired) electrons. The summed E-state index contributed by atoms with van der Waals surface area (Å²) in [6.07, 6.45) is 2.51. The molecule has 2 fully saturated rings. The number of pyridine rings is 1. The van der Waals surface area contributed by atoms with E-state index in [9.17, 15) is 8.42 Å². The Morgan fingerprint density at radius 1 is 1.29 bits per heavy atom. The van der Waals surface area contributed by atoms with Gasteiger partial charge in [0.05, 0.1) is 18.1 Å². The third-order valence-electron chi connectivity index (χ3n) is 4.97. The summed E-state index contributed by atoms with van der Waals surface area (Å²) >= 11 is 0. The number of likely N-dealkylation sites (N-methyl/N-ethyl adjacent to an activating group) is 1. The second-order valence-corrected chi connectivity index (χ2v) is 9.48. The molecule has 2 saturated heterocycles. The number of aromatic nitrogens is 1. The van der Waals surface area contributed by atoms with E-state index in [1.165, 1.54) is 0 Å². The molecule has 3 rings (SSSR count). The van der Waals surface area contributed by atoms with Gasteiger partial charge in [-0.15, -0.1) is 24.0 Å². The predicted molar refractivity (Wildman–Crippen MR) is 124 cm³/mol. The topological polar surface area (TPSA) is 89.9 Å². The Kier molecular flexibility index (Phi) is 8.75. The number of sulfone groups is 1. The average molecular weight is 522 g/mol. The van der Waals surface area contributed by atoms with Gasteiger partial charge in [0, 0.05) is 45.0 Å². The number of hydrogen-bond donors (Lipinski definition) is 2. The van der Waals surface area contributed by atoms with Crippen LogP contribution >= 0.6 is 24.0 Å². The average Bonchev–Trinajstić information content (AvgIpc) is 2.99. The van der Waals surface area contributed by atoms with Crippen LogP contribution in [0, 0.1) is 0 Å². The molecule has 0 amide bonds. The number of anilines is 1. The number of piperazine rings is 1. The highest BCUT2D eigenvalue weighted by atomic mass is 127. The van der Waals surface area contributed by atoms with E-state index in [2.05, 4.69) is 49.6 Å². The van der Waals surface area contributed by atoms with Crippen LogP contribution in [0.3, 0.4) is 0 Å². The molecule has 1 aromatic heterocycles. The fourth-order valence-corrected chi connectivity index (χ4v) is 5.00. The van der Waals surface area contributed by atoms with E-state index in [0.29, 0.717) is 18.9 Å². The minimum Gasteiger partial charge on any atom is -0.357 e. The molecule has 1 aromatic rings. The number of nitrogens with one attached hydrogen (secondary N) is 2. The number of halogens is 1.